The normalized spacial score (nSPS) is 10.0. The molecule has 0 saturated carbocycles. The van der Waals surface area contributed by atoms with E-state index < -0.39 is 0 Å². The largest absolute Gasteiger partial charge is 0.496 e. The highest BCUT2D eigenvalue weighted by Crippen LogP contribution is 2.28. The average molecular weight is 817 g/mol. The Bertz CT molecular complexity index is 2920. The van der Waals surface area contributed by atoms with E-state index in [9.17, 15) is 0 Å². The van der Waals surface area contributed by atoms with Gasteiger partial charge in [-0.1, -0.05) is 214 Å². The topological polar surface area (TPSA) is 18.5 Å². The highest BCUT2D eigenvalue weighted by atomic mass is 16.5. The highest BCUT2D eigenvalue weighted by molar-refractivity contribution is 5.91. The zero-order valence-corrected chi connectivity index (χ0v) is 36.3. The first-order valence-corrected chi connectivity index (χ1v) is 20.6. The van der Waals surface area contributed by atoms with E-state index in [2.05, 4.69) is 211 Å². The molecular formula is C60H64O2. The van der Waals surface area contributed by atoms with Gasteiger partial charge in [-0.3, -0.25) is 0 Å². The maximum Gasteiger partial charge on any atom is 0.126 e. The summed E-state index contributed by atoms with van der Waals surface area (Å²) < 4.78 is 10.5. The summed E-state index contributed by atoms with van der Waals surface area (Å²) in [5, 5.41) is 13.0. The van der Waals surface area contributed by atoms with Crippen molar-refractivity contribution in [1.82, 2.24) is 0 Å². The van der Waals surface area contributed by atoms with Crippen LogP contribution in [0.15, 0.2) is 194 Å². The summed E-state index contributed by atoms with van der Waals surface area (Å²) in [5.41, 5.74) is 7.82. The van der Waals surface area contributed by atoms with Crippen molar-refractivity contribution in [2.24, 2.45) is 0 Å². The van der Waals surface area contributed by atoms with Gasteiger partial charge in [0.1, 0.15) is 11.5 Å². The summed E-state index contributed by atoms with van der Waals surface area (Å²) in [6, 6.07) is 67.6. The molecule has 0 aromatic heterocycles. The maximum absolute atomic E-state index is 5.28. The van der Waals surface area contributed by atoms with Gasteiger partial charge in [0.2, 0.25) is 0 Å². The molecule has 0 aliphatic carbocycles. The molecule has 10 aromatic rings. The van der Waals surface area contributed by atoms with Gasteiger partial charge < -0.3 is 9.47 Å². The summed E-state index contributed by atoms with van der Waals surface area (Å²) in [5.74, 6) is 1.90. The predicted molar refractivity (Wildman–Crippen MR) is 275 cm³/mol. The van der Waals surface area contributed by atoms with E-state index in [1.54, 1.807) is 14.2 Å². The zero-order valence-electron chi connectivity index (χ0n) is 36.3. The van der Waals surface area contributed by atoms with Gasteiger partial charge in [-0.05, 0) is 119 Å². The molecule has 0 bridgehead atoms. The van der Waals surface area contributed by atoms with Crippen LogP contribution in [0.5, 0.6) is 11.5 Å². The van der Waals surface area contributed by atoms with Crippen molar-refractivity contribution in [3.63, 3.8) is 0 Å². The fraction of sp³-hybridized carbons (Fsp3) is 0.167. The summed E-state index contributed by atoms with van der Waals surface area (Å²) in [7, 11) is 3.41. The molecule has 2 nitrogen and oxygen atoms in total. The molecule has 0 heterocycles. The Kier molecular flexibility index (Phi) is 17.9. The second-order valence-corrected chi connectivity index (χ2v) is 15.2. The average Bonchev–Trinajstić information content (AvgIpc) is 3.28. The molecule has 0 fully saturated rings. The van der Waals surface area contributed by atoms with Crippen LogP contribution in [0.4, 0.5) is 0 Å². The Labute approximate surface area is 371 Å². The van der Waals surface area contributed by atoms with Gasteiger partial charge in [0.05, 0.1) is 14.2 Å². The van der Waals surface area contributed by atoms with Crippen molar-refractivity contribution in [1.29, 1.82) is 0 Å². The lowest BCUT2D eigenvalue weighted by molar-refractivity contribution is 0.412. The molecule has 0 spiro atoms. The first kappa shape index (κ1) is 47.8. The third-order valence-electron chi connectivity index (χ3n) is 10.8. The molecule has 316 valence electrons. The number of fused-ring (bicyclic) bond motifs is 5. The summed E-state index contributed by atoms with van der Waals surface area (Å²) in [4.78, 5) is 0. The fourth-order valence-corrected chi connectivity index (χ4v) is 7.41. The molecule has 0 atom stereocenters. The Morgan fingerprint density at radius 3 is 1.19 bits per heavy atom. The molecule has 10 rings (SSSR count). The quantitative estimate of drug-likeness (QED) is 0.173. The standard InChI is InChI=1S/2C12H12O.C12H12.2C11H10.2CH4/c1-9-11-6-4-3-5-10(11)7-8-12(9)13-2;1-9-7-8-12(13-2)11-6-4-3-5-10(9)11;1-9-3-5-12-8-10(2)4-6-11(12)7-9;1-9-5-4-7-10-6-2-3-8-11(9)10;1-9-6-7-10-4-2-3-5-11(10)8-9;;/h2*3-8H,1-2H3;3-8H,1-2H3;2*2-8H,1H3;2*1H4. The van der Waals surface area contributed by atoms with Crippen molar-refractivity contribution in [2.45, 2.75) is 56.4 Å². The van der Waals surface area contributed by atoms with Crippen LogP contribution in [0.1, 0.15) is 48.2 Å². The first-order valence-electron chi connectivity index (χ1n) is 20.6. The molecule has 0 aliphatic heterocycles. The highest BCUT2D eigenvalue weighted by Gasteiger charge is 2.03. The second-order valence-electron chi connectivity index (χ2n) is 15.2. The number of hydrogen-bond donors (Lipinski definition) is 0. The lowest BCUT2D eigenvalue weighted by Gasteiger charge is -2.07. The summed E-state index contributed by atoms with van der Waals surface area (Å²) in [6.45, 7) is 12.7. The third-order valence-corrected chi connectivity index (χ3v) is 10.8. The van der Waals surface area contributed by atoms with E-state index in [4.69, 9.17) is 9.47 Å². The zero-order chi connectivity index (χ0) is 42.4. The number of rotatable bonds is 2. The van der Waals surface area contributed by atoms with E-state index >= 15 is 0 Å². The Morgan fingerprint density at radius 2 is 0.645 bits per heavy atom. The van der Waals surface area contributed by atoms with Crippen molar-refractivity contribution in [2.75, 3.05) is 14.2 Å². The van der Waals surface area contributed by atoms with Gasteiger partial charge in [-0.15, -0.1) is 0 Å². The molecule has 0 aliphatic rings. The fourth-order valence-electron chi connectivity index (χ4n) is 7.41. The van der Waals surface area contributed by atoms with Gasteiger partial charge in [0.25, 0.3) is 0 Å². The minimum absolute atomic E-state index is 0. The van der Waals surface area contributed by atoms with Gasteiger partial charge in [-0.2, -0.15) is 0 Å². The van der Waals surface area contributed by atoms with Crippen LogP contribution in [0.25, 0.3) is 53.9 Å². The van der Waals surface area contributed by atoms with Crippen LogP contribution in [0, 0.1) is 41.5 Å². The monoisotopic (exact) mass is 816 g/mol. The van der Waals surface area contributed by atoms with Crippen LogP contribution in [-0.4, -0.2) is 14.2 Å². The first-order chi connectivity index (χ1) is 29.1. The molecule has 0 saturated heterocycles. The van der Waals surface area contributed by atoms with Gasteiger partial charge in [-0.25, -0.2) is 0 Å². The maximum atomic E-state index is 5.28. The Balaban J connectivity index is 0.000000169. The number of aryl methyl sites for hydroxylation is 6. The smallest absolute Gasteiger partial charge is 0.126 e. The van der Waals surface area contributed by atoms with E-state index in [0.29, 0.717) is 0 Å². The molecule has 0 unspecified atom stereocenters. The number of benzene rings is 10. The van der Waals surface area contributed by atoms with Gasteiger partial charge in [0, 0.05) is 5.39 Å². The van der Waals surface area contributed by atoms with Crippen LogP contribution in [0.3, 0.4) is 0 Å². The molecular weight excluding hydrogens is 753 g/mol. The van der Waals surface area contributed by atoms with Crippen molar-refractivity contribution in [3.8, 4) is 11.5 Å². The van der Waals surface area contributed by atoms with Crippen molar-refractivity contribution >= 4 is 53.9 Å². The SMILES string of the molecule is C.C.COc1ccc(C)c2ccccc12.COc1ccc2ccccc2c1C.Cc1ccc2cc(C)ccc2c1.Cc1ccc2ccccc2c1.Cc1cccc2ccccc12. The van der Waals surface area contributed by atoms with Crippen molar-refractivity contribution in [3.05, 3.63) is 228 Å². The molecule has 2 heteroatoms. The minimum atomic E-state index is 0. The lowest BCUT2D eigenvalue weighted by atomic mass is 10.1. The van der Waals surface area contributed by atoms with Crippen LogP contribution >= 0.6 is 0 Å². The number of hydrogen-bond acceptors (Lipinski definition) is 2. The van der Waals surface area contributed by atoms with Gasteiger partial charge in [0.15, 0.2) is 0 Å². The van der Waals surface area contributed by atoms with Crippen LogP contribution < -0.4 is 9.47 Å². The number of methoxy groups -OCH3 is 2. The van der Waals surface area contributed by atoms with E-state index in [0.717, 1.165) is 11.5 Å². The lowest BCUT2D eigenvalue weighted by Crippen LogP contribution is -1.87. The van der Waals surface area contributed by atoms with E-state index in [-0.39, 0.29) is 14.9 Å². The van der Waals surface area contributed by atoms with Crippen molar-refractivity contribution < 1.29 is 9.47 Å². The van der Waals surface area contributed by atoms with Crippen LogP contribution in [-0.2, 0) is 0 Å². The second kappa shape index (κ2) is 23.2. The van der Waals surface area contributed by atoms with Crippen LogP contribution in [0.2, 0.25) is 0 Å². The predicted octanol–water partition coefficient (Wildman–Crippen LogP) is 17.3. The molecule has 10 aromatic carbocycles. The summed E-state index contributed by atoms with van der Waals surface area (Å²) in [6.07, 6.45) is 0. The summed E-state index contributed by atoms with van der Waals surface area (Å²) >= 11 is 0. The molecule has 0 amide bonds. The van der Waals surface area contributed by atoms with E-state index in [1.165, 1.54) is 87.2 Å². The van der Waals surface area contributed by atoms with E-state index in [1.807, 2.05) is 24.3 Å². The number of ether oxygens (including phenoxy) is 2. The van der Waals surface area contributed by atoms with Gasteiger partial charge >= 0.3 is 0 Å². The minimum Gasteiger partial charge on any atom is -0.496 e. The Hall–Kier alpha value is -6.90. The molecule has 62 heavy (non-hydrogen) atoms. The molecule has 0 N–H and O–H groups in total. The Morgan fingerprint density at radius 1 is 0.274 bits per heavy atom. The third kappa shape index (κ3) is 12.3. The molecule has 0 radical (unpaired) electrons.